The number of benzene rings is 2. The normalized spacial score (nSPS) is 16.6. The van der Waals surface area contributed by atoms with Crippen molar-refractivity contribution in [2.45, 2.75) is 0 Å². The van der Waals surface area contributed by atoms with Crippen LogP contribution in [0.15, 0.2) is 54.6 Å². The van der Waals surface area contributed by atoms with Gasteiger partial charge in [-0.1, -0.05) is 48.6 Å². The fourth-order valence-corrected chi connectivity index (χ4v) is 3.93. The molecule has 1 fully saturated rings. The van der Waals surface area contributed by atoms with Crippen LogP contribution in [-0.4, -0.2) is 76.6 Å². The molecular weight excluding hydrogens is 412 g/mol. The Bertz CT molecular complexity index is 1090. The summed E-state index contributed by atoms with van der Waals surface area (Å²) < 4.78 is 0. The van der Waals surface area contributed by atoms with Crippen LogP contribution in [0.2, 0.25) is 0 Å². The van der Waals surface area contributed by atoms with Crippen molar-refractivity contribution in [3.8, 4) is 0 Å². The first kappa shape index (κ1) is 21.4. The Morgan fingerprint density at radius 3 is 2.38 bits per heavy atom. The smallest absolute Gasteiger partial charge is 0.282 e. The summed E-state index contributed by atoms with van der Waals surface area (Å²) in [5, 5.41) is 11.2. The van der Waals surface area contributed by atoms with Crippen LogP contribution < -0.4 is 0 Å². The zero-order chi connectivity index (χ0) is 22.7. The molecule has 0 atom stereocenters. The first-order valence-electron chi connectivity index (χ1n) is 10.3. The Hall–Kier alpha value is -3.85. The minimum atomic E-state index is -0.796. The summed E-state index contributed by atoms with van der Waals surface area (Å²) in [5.74, 6) is -1.82. The van der Waals surface area contributed by atoms with Gasteiger partial charge in [-0.3, -0.25) is 34.3 Å². The van der Waals surface area contributed by atoms with Crippen LogP contribution in [-0.2, 0) is 4.79 Å². The Labute approximate surface area is 184 Å². The summed E-state index contributed by atoms with van der Waals surface area (Å²) in [5.41, 5.74) is 0.424. The molecule has 2 aromatic rings. The third-order valence-electron chi connectivity index (χ3n) is 5.67. The standard InChI is InChI=1S/C23H22N4O5/c28-20(16-26-22(29)18-9-4-10-19(27(31)32)21(18)23(26)30)25-14-12-24(13-15-25)11-5-8-17-6-2-1-3-7-17/h1-10H,11-16H2. The van der Waals surface area contributed by atoms with Crippen molar-refractivity contribution < 1.29 is 19.3 Å². The highest BCUT2D eigenvalue weighted by Crippen LogP contribution is 2.30. The average Bonchev–Trinajstić information content (AvgIpc) is 3.05. The Morgan fingerprint density at radius 1 is 0.969 bits per heavy atom. The lowest BCUT2D eigenvalue weighted by Crippen LogP contribution is -2.51. The number of rotatable bonds is 6. The quantitative estimate of drug-likeness (QED) is 0.392. The molecule has 1 saturated heterocycles. The van der Waals surface area contributed by atoms with Gasteiger partial charge in [-0.05, 0) is 11.6 Å². The average molecular weight is 434 g/mol. The van der Waals surface area contributed by atoms with E-state index in [0.717, 1.165) is 17.0 Å². The van der Waals surface area contributed by atoms with E-state index in [0.29, 0.717) is 26.2 Å². The summed E-state index contributed by atoms with van der Waals surface area (Å²) in [6.07, 6.45) is 4.14. The highest BCUT2D eigenvalue weighted by atomic mass is 16.6. The zero-order valence-electron chi connectivity index (χ0n) is 17.3. The predicted octanol–water partition coefficient (Wildman–Crippen LogP) is 2.05. The van der Waals surface area contributed by atoms with Crippen molar-refractivity contribution in [2.75, 3.05) is 39.3 Å². The van der Waals surface area contributed by atoms with Crippen LogP contribution in [0.3, 0.4) is 0 Å². The van der Waals surface area contributed by atoms with Crippen LogP contribution in [0.1, 0.15) is 26.3 Å². The van der Waals surface area contributed by atoms with Gasteiger partial charge < -0.3 is 4.90 Å². The zero-order valence-corrected chi connectivity index (χ0v) is 17.3. The number of hydrogen-bond donors (Lipinski definition) is 0. The van der Waals surface area contributed by atoms with E-state index in [2.05, 4.69) is 17.1 Å². The molecule has 0 spiro atoms. The van der Waals surface area contributed by atoms with Gasteiger partial charge in [0.2, 0.25) is 5.91 Å². The van der Waals surface area contributed by atoms with E-state index in [4.69, 9.17) is 0 Å². The number of carbonyl (C=O) groups excluding carboxylic acids is 3. The van der Waals surface area contributed by atoms with Crippen LogP contribution in [0, 0.1) is 10.1 Å². The lowest BCUT2D eigenvalue weighted by Gasteiger charge is -2.34. The molecule has 2 aliphatic heterocycles. The van der Waals surface area contributed by atoms with Gasteiger partial charge in [-0.25, -0.2) is 0 Å². The largest absolute Gasteiger partial charge is 0.339 e. The molecule has 9 nitrogen and oxygen atoms in total. The van der Waals surface area contributed by atoms with E-state index in [1.54, 1.807) is 4.90 Å². The predicted molar refractivity (Wildman–Crippen MR) is 117 cm³/mol. The number of hydrogen-bond acceptors (Lipinski definition) is 6. The van der Waals surface area contributed by atoms with Gasteiger partial charge in [-0.15, -0.1) is 0 Å². The molecule has 164 valence electrons. The molecule has 0 radical (unpaired) electrons. The molecule has 0 aliphatic carbocycles. The van der Waals surface area contributed by atoms with Crippen LogP contribution in [0.25, 0.3) is 6.08 Å². The molecule has 3 amide bonds. The molecule has 2 aromatic carbocycles. The molecule has 0 N–H and O–H groups in total. The van der Waals surface area contributed by atoms with Crippen molar-refractivity contribution in [1.82, 2.24) is 14.7 Å². The first-order chi connectivity index (χ1) is 15.5. The number of piperazine rings is 1. The van der Waals surface area contributed by atoms with E-state index in [-0.39, 0.29) is 17.0 Å². The van der Waals surface area contributed by atoms with Crippen molar-refractivity contribution in [1.29, 1.82) is 0 Å². The highest BCUT2D eigenvalue weighted by molar-refractivity contribution is 6.24. The van der Waals surface area contributed by atoms with Crippen molar-refractivity contribution >= 4 is 29.5 Å². The van der Waals surface area contributed by atoms with E-state index in [9.17, 15) is 24.5 Å². The molecule has 2 aliphatic rings. The summed E-state index contributed by atoms with van der Waals surface area (Å²) >= 11 is 0. The maximum atomic E-state index is 12.7. The Kier molecular flexibility index (Phi) is 6.09. The maximum absolute atomic E-state index is 12.7. The van der Waals surface area contributed by atoms with Gasteiger partial charge in [0.05, 0.1) is 10.5 Å². The number of amides is 3. The molecule has 4 rings (SSSR count). The summed E-state index contributed by atoms with van der Waals surface area (Å²) in [6, 6.07) is 13.9. The lowest BCUT2D eigenvalue weighted by molar-refractivity contribution is -0.385. The van der Waals surface area contributed by atoms with E-state index in [1.165, 1.54) is 18.2 Å². The van der Waals surface area contributed by atoms with Gasteiger partial charge in [0, 0.05) is 38.8 Å². The number of nitro groups is 1. The fourth-order valence-electron chi connectivity index (χ4n) is 3.93. The number of fused-ring (bicyclic) bond motifs is 1. The minimum Gasteiger partial charge on any atom is -0.339 e. The number of carbonyl (C=O) groups is 3. The van der Waals surface area contributed by atoms with Crippen molar-refractivity contribution in [2.24, 2.45) is 0 Å². The summed E-state index contributed by atoms with van der Waals surface area (Å²) in [4.78, 5) is 53.1. The van der Waals surface area contributed by atoms with Gasteiger partial charge >= 0.3 is 0 Å². The monoisotopic (exact) mass is 434 g/mol. The topological polar surface area (TPSA) is 104 Å². The van der Waals surface area contributed by atoms with Gasteiger partial charge in [0.15, 0.2) is 0 Å². The number of nitrogens with zero attached hydrogens (tertiary/aromatic N) is 4. The third-order valence-corrected chi connectivity index (χ3v) is 5.67. The fraction of sp³-hybridized carbons (Fsp3) is 0.261. The molecule has 0 aromatic heterocycles. The van der Waals surface area contributed by atoms with Crippen LogP contribution in [0.5, 0.6) is 0 Å². The minimum absolute atomic E-state index is 0.0352. The van der Waals surface area contributed by atoms with Gasteiger partial charge in [-0.2, -0.15) is 0 Å². The number of nitro benzene ring substituents is 1. The lowest BCUT2D eigenvalue weighted by atomic mass is 10.1. The van der Waals surface area contributed by atoms with Crippen LogP contribution in [0.4, 0.5) is 5.69 Å². The second kappa shape index (κ2) is 9.11. The first-order valence-corrected chi connectivity index (χ1v) is 10.3. The molecular formula is C23H22N4O5. The van der Waals surface area contributed by atoms with Gasteiger partial charge in [0.1, 0.15) is 12.1 Å². The highest BCUT2D eigenvalue weighted by Gasteiger charge is 2.42. The van der Waals surface area contributed by atoms with Crippen molar-refractivity contribution in [3.63, 3.8) is 0 Å². The van der Waals surface area contributed by atoms with E-state index < -0.39 is 29.0 Å². The second-order valence-electron chi connectivity index (χ2n) is 7.65. The van der Waals surface area contributed by atoms with Crippen molar-refractivity contribution in [3.05, 3.63) is 81.4 Å². The Balaban J connectivity index is 1.32. The van der Waals surface area contributed by atoms with Crippen LogP contribution >= 0.6 is 0 Å². The van der Waals surface area contributed by atoms with Gasteiger partial charge in [0.25, 0.3) is 17.5 Å². The van der Waals surface area contributed by atoms with E-state index in [1.807, 2.05) is 30.3 Å². The molecule has 0 bridgehead atoms. The molecule has 32 heavy (non-hydrogen) atoms. The number of imide groups is 1. The Morgan fingerprint density at radius 2 is 1.69 bits per heavy atom. The molecule has 0 unspecified atom stereocenters. The summed E-state index contributed by atoms with van der Waals surface area (Å²) in [6.45, 7) is 2.68. The molecule has 0 saturated carbocycles. The molecule has 2 heterocycles. The maximum Gasteiger partial charge on any atom is 0.282 e. The third kappa shape index (κ3) is 4.28. The molecule has 9 heteroatoms. The second-order valence-corrected chi connectivity index (χ2v) is 7.65. The van der Waals surface area contributed by atoms with E-state index >= 15 is 0 Å². The SMILES string of the molecule is O=C(CN1C(=O)c2cccc([N+](=O)[O-])c2C1=O)N1CCN(CC=Cc2ccccc2)CC1. The summed E-state index contributed by atoms with van der Waals surface area (Å²) in [7, 11) is 0.